The van der Waals surface area contributed by atoms with Crippen molar-refractivity contribution in [1.82, 2.24) is 9.88 Å². The van der Waals surface area contributed by atoms with Crippen LogP contribution in [0.15, 0.2) is 42.7 Å². The fourth-order valence-corrected chi connectivity index (χ4v) is 3.99. The van der Waals surface area contributed by atoms with Crippen LogP contribution < -0.4 is 9.64 Å². The van der Waals surface area contributed by atoms with E-state index in [9.17, 15) is 0 Å². The number of anilines is 1. The van der Waals surface area contributed by atoms with E-state index in [-0.39, 0.29) is 0 Å². The third kappa shape index (κ3) is 3.11. The number of hydrogen-bond acceptors (Lipinski definition) is 4. The van der Waals surface area contributed by atoms with Gasteiger partial charge in [-0.3, -0.25) is 4.98 Å². The molecule has 0 amide bonds. The molecule has 2 aliphatic rings. The van der Waals surface area contributed by atoms with Gasteiger partial charge in [0.05, 0.1) is 19.0 Å². The first kappa shape index (κ1) is 15.5. The summed E-state index contributed by atoms with van der Waals surface area (Å²) in [7, 11) is 1.71. The standard InChI is InChI=1S/C20H25N3O/c1-24-20-6-2-4-16(13-20)17-12-19(15-21-14-17)23-11-10-22-8-3-5-18(23)7-9-22/h2,4,6,12-15,18H,3,5,7-11H2,1H3. The maximum atomic E-state index is 5.36. The molecule has 126 valence electrons. The lowest BCUT2D eigenvalue weighted by Crippen LogP contribution is -2.39. The van der Waals surface area contributed by atoms with Gasteiger partial charge in [-0.05, 0) is 49.6 Å². The number of pyridine rings is 1. The average molecular weight is 323 g/mol. The van der Waals surface area contributed by atoms with Crippen molar-refractivity contribution in [2.45, 2.75) is 25.3 Å². The van der Waals surface area contributed by atoms with E-state index in [1.807, 2.05) is 24.5 Å². The minimum atomic E-state index is 0.653. The molecule has 1 aromatic heterocycles. The van der Waals surface area contributed by atoms with Crippen molar-refractivity contribution in [2.75, 3.05) is 38.2 Å². The summed E-state index contributed by atoms with van der Waals surface area (Å²) >= 11 is 0. The molecule has 1 aromatic carbocycles. The van der Waals surface area contributed by atoms with E-state index in [4.69, 9.17) is 4.74 Å². The van der Waals surface area contributed by atoms with Crippen molar-refractivity contribution in [3.8, 4) is 16.9 Å². The van der Waals surface area contributed by atoms with Gasteiger partial charge >= 0.3 is 0 Å². The largest absolute Gasteiger partial charge is 0.497 e. The predicted octanol–water partition coefficient (Wildman–Crippen LogP) is 3.43. The number of nitrogens with zero attached hydrogens (tertiary/aromatic N) is 3. The molecule has 0 radical (unpaired) electrons. The summed E-state index contributed by atoms with van der Waals surface area (Å²) in [5.74, 6) is 0.885. The molecule has 2 aromatic rings. The first-order chi connectivity index (χ1) is 11.8. The van der Waals surface area contributed by atoms with Gasteiger partial charge in [-0.15, -0.1) is 0 Å². The first-order valence-corrected chi connectivity index (χ1v) is 8.92. The molecule has 2 saturated heterocycles. The van der Waals surface area contributed by atoms with Crippen LogP contribution in [0.3, 0.4) is 0 Å². The van der Waals surface area contributed by atoms with E-state index in [0.717, 1.165) is 23.4 Å². The summed E-state index contributed by atoms with van der Waals surface area (Å²) in [5.41, 5.74) is 3.57. The van der Waals surface area contributed by atoms with Gasteiger partial charge in [-0.25, -0.2) is 0 Å². The summed E-state index contributed by atoms with van der Waals surface area (Å²) in [6.45, 7) is 4.78. The lowest BCUT2D eigenvalue weighted by Gasteiger charge is -2.33. The molecule has 2 atom stereocenters. The zero-order valence-electron chi connectivity index (χ0n) is 14.3. The van der Waals surface area contributed by atoms with E-state index in [2.05, 4.69) is 33.0 Å². The zero-order chi connectivity index (χ0) is 16.4. The number of ether oxygens (including phenoxy) is 1. The zero-order valence-corrected chi connectivity index (χ0v) is 14.3. The molecule has 0 spiro atoms. The average Bonchev–Trinajstić information content (AvgIpc) is 2.98. The van der Waals surface area contributed by atoms with E-state index in [0.29, 0.717) is 6.04 Å². The van der Waals surface area contributed by atoms with Crippen molar-refractivity contribution in [3.05, 3.63) is 42.7 Å². The van der Waals surface area contributed by atoms with Crippen molar-refractivity contribution in [2.24, 2.45) is 0 Å². The van der Waals surface area contributed by atoms with E-state index < -0.39 is 0 Å². The van der Waals surface area contributed by atoms with Gasteiger partial charge in [-0.2, -0.15) is 0 Å². The van der Waals surface area contributed by atoms with Crippen molar-refractivity contribution >= 4 is 5.69 Å². The first-order valence-electron chi connectivity index (χ1n) is 8.92. The van der Waals surface area contributed by atoms with E-state index in [1.165, 1.54) is 44.6 Å². The molecular formula is C20H25N3O. The summed E-state index contributed by atoms with van der Waals surface area (Å²) in [4.78, 5) is 9.72. The van der Waals surface area contributed by atoms with Gasteiger partial charge < -0.3 is 14.5 Å². The van der Waals surface area contributed by atoms with Crippen LogP contribution in [-0.2, 0) is 0 Å². The smallest absolute Gasteiger partial charge is 0.119 e. The van der Waals surface area contributed by atoms with Crippen molar-refractivity contribution < 1.29 is 4.74 Å². The number of hydrogen-bond donors (Lipinski definition) is 0. The Kier molecular flexibility index (Phi) is 4.39. The second kappa shape index (κ2) is 6.81. The van der Waals surface area contributed by atoms with Gasteiger partial charge in [-0.1, -0.05) is 12.1 Å². The Morgan fingerprint density at radius 1 is 1.00 bits per heavy atom. The Bertz CT molecular complexity index is 703. The molecule has 2 aliphatic heterocycles. The fraction of sp³-hybridized carbons (Fsp3) is 0.450. The maximum absolute atomic E-state index is 5.36. The highest BCUT2D eigenvalue weighted by molar-refractivity contribution is 5.68. The Morgan fingerprint density at radius 3 is 2.88 bits per heavy atom. The molecular weight excluding hydrogens is 298 g/mol. The van der Waals surface area contributed by atoms with Gasteiger partial charge in [0.1, 0.15) is 5.75 Å². The highest BCUT2D eigenvalue weighted by Crippen LogP contribution is 2.30. The van der Waals surface area contributed by atoms with Crippen LogP contribution in [0.5, 0.6) is 5.75 Å². The van der Waals surface area contributed by atoms with Gasteiger partial charge in [0.2, 0.25) is 0 Å². The molecule has 0 N–H and O–H groups in total. The third-order valence-electron chi connectivity index (χ3n) is 5.35. The van der Waals surface area contributed by atoms with Crippen molar-refractivity contribution in [3.63, 3.8) is 0 Å². The summed E-state index contributed by atoms with van der Waals surface area (Å²) in [6, 6.07) is 11.1. The Balaban J connectivity index is 1.64. The van der Waals surface area contributed by atoms with Crippen LogP contribution in [-0.4, -0.2) is 49.2 Å². The molecule has 2 unspecified atom stereocenters. The number of fused-ring (bicyclic) bond motifs is 3. The van der Waals surface area contributed by atoms with E-state index >= 15 is 0 Å². The number of aromatic nitrogens is 1. The molecule has 4 heteroatoms. The van der Waals surface area contributed by atoms with Crippen LogP contribution in [0.25, 0.3) is 11.1 Å². The number of benzene rings is 1. The fourth-order valence-electron chi connectivity index (χ4n) is 3.99. The topological polar surface area (TPSA) is 28.6 Å². The molecule has 2 fully saturated rings. The van der Waals surface area contributed by atoms with Crippen LogP contribution in [0, 0.1) is 0 Å². The minimum absolute atomic E-state index is 0.653. The maximum Gasteiger partial charge on any atom is 0.119 e. The van der Waals surface area contributed by atoms with Gasteiger partial charge in [0.15, 0.2) is 0 Å². The summed E-state index contributed by atoms with van der Waals surface area (Å²) in [6.07, 6.45) is 7.84. The molecule has 4 nitrogen and oxygen atoms in total. The molecule has 0 saturated carbocycles. The van der Waals surface area contributed by atoms with Crippen LogP contribution in [0.2, 0.25) is 0 Å². The Labute approximate surface area is 144 Å². The Morgan fingerprint density at radius 2 is 1.96 bits per heavy atom. The van der Waals surface area contributed by atoms with Crippen LogP contribution in [0.1, 0.15) is 19.3 Å². The van der Waals surface area contributed by atoms with Gasteiger partial charge in [0.25, 0.3) is 0 Å². The van der Waals surface area contributed by atoms with Crippen molar-refractivity contribution in [1.29, 1.82) is 0 Å². The minimum Gasteiger partial charge on any atom is -0.497 e. The second-order valence-corrected chi connectivity index (χ2v) is 6.78. The summed E-state index contributed by atoms with van der Waals surface area (Å²) in [5, 5.41) is 0. The predicted molar refractivity (Wildman–Crippen MR) is 97.7 cm³/mol. The molecule has 4 rings (SSSR count). The second-order valence-electron chi connectivity index (χ2n) is 6.78. The lowest BCUT2D eigenvalue weighted by atomic mass is 10.0. The molecule has 24 heavy (non-hydrogen) atoms. The monoisotopic (exact) mass is 323 g/mol. The molecule has 3 heterocycles. The quantitative estimate of drug-likeness (QED) is 0.865. The third-order valence-corrected chi connectivity index (χ3v) is 5.35. The number of methoxy groups -OCH3 is 1. The highest BCUT2D eigenvalue weighted by Gasteiger charge is 2.27. The Hall–Kier alpha value is -2.07. The SMILES string of the molecule is COc1cccc(-c2cncc(N3CCN4CCCC3CC4)c2)c1. The number of rotatable bonds is 3. The molecule has 2 bridgehead atoms. The van der Waals surface area contributed by atoms with Crippen LogP contribution in [0.4, 0.5) is 5.69 Å². The lowest BCUT2D eigenvalue weighted by molar-refractivity contribution is 0.298. The normalized spacial score (nSPS) is 23.6. The van der Waals surface area contributed by atoms with Crippen LogP contribution >= 0.6 is 0 Å². The van der Waals surface area contributed by atoms with Gasteiger partial charge in [0, 0.05) is 37.4 Å². The molecule has 0 aliphatic carbocycles. The van der Waals surface area contributed by atoms with E-state index in [1.54, 1.807) is 7.11 Å². The summed E-state index contributed by atoms with van der Waals surface area (Å²) < 4.78 is 5.36. The highest BCUT2D eigenvalue weighted by atomic mass is 16.5.